The van der Waals surface area contributed by atoms with E-state index in [1.165, 1.54) is 12.5 Å². The molecule has 1 saturated heterocycles. The van der Waals surface area contributed by atoms with Crippen molar-refractivity contribution in [1.82, 2.24) is 15.2 Å². The Morgan fingerprint density at radius 1 is 1.45 bits per heavy atom. The smallest absolute Gasteiger partial charge is 0.244 e. The fraction of sp³-hybridized carbons (Fsp3) is 0.529. The van der Waals surface area contributed by atoms with Crippen molar-refractivity contribution in [3.8, 4) is 0 Å². The SMILES string of the molecule is O=C(/C=C/c1ccccn1)NCCCCN1CCCC1CO. The fourth-order valence-corrected chi connectivity index (χ4v) is 2.74. The molecule has 2 N–H and O–H groups in total. The summed E-state index contributed by atoms with van der Waals surface area (Å²) in [6.45, 7) is 3.04. The molecule has 120 valence electrons. The monoisotopic (exact) mass is 303 g/mol. The average molecular weight is 303 g/mol. The number of pyridine rings is 1. The van der Waals surface area contributed by atoms with Gasteiger partial charge in [0.25, 0.3) is 0 Å². The highest BCUT2D eigenvalue weighted by atomic mass is 16.3. The summed E-state index contributed by atoms with van der Waals surface area (Å²) in [6, 6.07) is 5.94. The van der Waals surface area contributed by atoms with E-state index in [1.54, 1.807) is 12.3 Å². The molecule has 22 heavy (non-hydrogen) atoms. The van der Waals surface area contributed by atoms with Crippen LogP contribution in [0.4, 0.5) is 0 Å². The van der Waals surface area contributed by atoms with E-state index in [0.717, 1.165) is 38.0 Å². The molecular formula is C17H25N3O2. The van der Waals surface area contributed by atoms with E-state index >= 15 is 0 Å². The van der Waals surface area contributed by atoms with Gasteiger partial charge in [0.1, 0.15) is 0 Å². The number of aliphatic hydroxyl groups excluding tert-OH is 1. The molecular weight excluding hydrogens is 278 g/mol. The standard InChI is InChI=1S/C17H25N3O2/c21-14-16-7-5-13-20(16)12-4-3-11-19-17(22)9-8-15-6-1-2-10-18-15/h1-2,6,8-10,16,21H,3-5,7,11-14H2,(H,19,22)/b9-8+. The van der Waals surface area contributed by atoms with Crippen LogP contribution in [0.1, 0.15) is 31.4 Å². The van der Waals surface area contributed by atoms with E-state index in [9.17, 15) is 9.90 Å². The van der Waals surface area contributed by atoms with Crippen molar-refractivity contribution in [2.24, 2.45) is 0 Å². The van der Waals surface area contributed by atoms with Gasteiger partial charge in [0.05, 0.1) is 12.3 Å². The van der Waals surface area contributed by atoms with E-state index in [2.05, 4.69) is 15.2 Å². The number of carbonyl (C=O) groups is 1. The van der Waals surface area contributed by atoms with Crippen LogP contribution in [0.15, 0.2) is 30.5 Å². The maximum Gasteiger partial charge on any atom is 0.244 e. The number of nitrogens with zero attached hydrogens (tertiary/aromatic N) is 2. The number of hydrogen-bond donors (Lipinski definition) is 2. The van der Waals surface area contributed by atoms with Crippen molar-refractivity contribution in [3.63, 3.8) is 0 Å². The summed E-state index contributed by atoms with van der Waals surface area (Å²) in [5.41, 5.74) is 0.779. The first-order chi connectivity index (χ1) is 10.8. The predicted molar refractivity (Wildman–Crippen MR) is 87.2 cm³/mol. The topological polar surface area (TPSA) is 65.5 Å². The van der Waals surface area contributed by atoms with Gasteiger partial charge in [-0.15, -0.1) is 0 Å². The first kappa shape index (κ1) is 16.6. The molecule has 1 aromatic heterocycles. The number of nitrogens with one attached hydrogen (secondary N) is 1. The third-order valence-corrected chi connectivity index (χ3v) is 3.97. The zero-order chi connectivity index (χ0) is 15.6. The van der Waals surface area contributed by atoms with E-state index in [0.29, 0.717) is 12.6 Å². The third-order valence-electron chi connectivity index (χ3n) is 3.97. The molecule has 1 aliphatic rings. The fourth-order valence-electron chi connectivity index (χ4n) is 2.74. The Labute approximate surface area is 132 Å². The lowest BCUT2D eigenvalue weighted by molar-refractivity contribution is -0.116. The van der Waals surface area contributed by atoms with Gasteiger partial charge in [0, 0.05) is 24.9 Å². The summed E-state index contributed by atoms with van der Waals surface area (Å²) in [4.78, 5) is 18.1. The Balaban J connectivity index is 1.56. The summed E-state index contributed by atoms with van der Waals surface area (Å²) in [6.07, 6.45) is 9.22. The van der Waals surface area contributed by atoms with Crippen molar-refractivity contribution < 1.29 is 9.90 Å². The van der Waals surface area contributed by atoms with Crippen LogP contribution in [0.5, 0.6) is 0 Å². The lowest BCUT2D eigenvalue weighted by atomic mass is 10.2. The zero-order valence-electron chi connectivity index (χ0n) is 12.9. The molecule has 0 aliphatic carbocycles. The van der Waals surface area contributed by atoms with Gasteiger partial charge in [-0.05, 0) is 57.0 Å². The lowest BCUT2D eigenvalue weighted by Gasteiger charge is -2.22. The molecule has 5 nitrogen and oxygen atoms in total. The van der Waals surface area contributed by atoms with E-state index < -0.39 is 0 Å². The zero-order valence-corrected chi connectivity index (χ0v) is 12.9. The maximum atomic E-state index is 11.7. The molecule has 1 aliphatic heterocycles. The molecule has 0 radical (unpaired) electrons. The summed E-state index contributed by atoms with van der Waals surface area (Å²) in [5, 5.41) is 12.1. The van der Waals surface area contributed by atoms with Gasteiger partial charge in [0.15, 0.2) is 0 Å². The second-order valence-corrected chi connectivity index (χ2v) is 5.60. The molecule has 2 heterocycles. The number of rotatable bonds is 8. The van der Waals surface area contributed by atoms with Crippen LogP contribution >= 0.6 is 0 Å². The third kappa shape index (κ3) is 5.58. The largest absolute Gasteiger partial charge is 0.395 e. The number of amides is 1. The number of hydrogen-bond acceptors (Lipinski definition) is 4. The van der Waals surface area contributed by atoms with Gasteiger partial charge >= 0.3 is 0 Å². The second-order valence-electron chi connectivity index (χ2n) is 5.60. The summed E-state index contributed by atoms with van der Waals surface area (Å²) in [7, 11) is 0. The molecule has 1 fully saturated rings. The minimum Gasteiger partial charge on any atom is -0.395 e. The molecule has 1 aromatic rings. The van der Waals surface area contributed by atoms with Gasteiger partial charge in [-0.1, -0.05) is 6.07 Å². The van der Waals surface area contributed by atoms with Gasteiger partial charge in [-0.25, -0.2) is 0 Å². The van der Waals surface area contributed by atoms with Crippen molar-refractivity contribution in [2.75, 3.05) is 26.2 Å². The Bertz CT molecular complexity index is 476. The molecule has 1 atom stereocenters. The van der Waals surface area contributed by atoms with Gasteiger partial charge < -0.3 is 10.4 Å². The molecule has 0 saturated carbocycles. The lowest BCUT2D eigenvalue weighted by Crippen LogP contribution is -2.33. The number of carbonyl (C=O) groups excluding carboxylic acids is 1. The molecule has 2 rings (SSSR count). The van der Waals surface area contributed by atoms with Crippen molar-refractivity contribution in [3.05, 3.63) is 36.2 Å². The number of aliphatic hydroxyl groups is 1. The normalized spacial score (nSPS) is 18.9. The average Bonchev–Trinajstić information content (AvgIpc) is 3.01. The van der Waals surface area contributed by atoms with Crippen molar-refractivity contribution >= 4 is 12.0 Å². The number of likely N-dealkylation sites (tertiary alicyclic amines) is 1. The molecule has 0 aromatic carbocycles. The first-order valence-corrected chi connectivity index (χ1v) is 8.01. The van der Waals surface area contributed by atoms with E-state index in [4.69, 9.17) is 0 Å². The first-order valence-electron chi connectivity index (χ1n) is 8.01. The quantitative estimate of drug-likeness (QED) is 0.563. The van der Waals surface area contributed by atoms with Crippen molar-refractivity contribution in [1.29, 1.82) is 0 Å². The van der Waals surface area contributed by atoms with E-state index in [-0.39, 0.29) is 12.5 Å². The Morgan fingerprint density at radius 2 is 2.36 bits per heavy atom. The molecule has 5 heteroatoms. The van der Waals surface area contributed by atoms with E-state index in [1.807, 2.05) is 18.2 Å². The van der Waals surface area contributed by atoms with Crippen LogP contribution in [-0.2, 0) is 4.79 Å². The van der Waals surface area contributed by atoms with Crippen LogP contribution < -0.4 is 5.32 Å². The second kappa shape index (κ2) is 9.33. The molecule has 0 spiro atoms. The Hall–Kier alpha value is -1.72. The summed E-state index contributed by atoms with van der Waals surface area (Å²) in [5.74, 6) is -0.0833. The number of unbranched alkanes of at least 4 members (excludes halogenated alkanes) is 1. The van der Waals surface area contributed by atoms with Crippen LogP contribution in [0.25, 0.3) is 6.08 Å². The maximum absolute atomic E-state index is 11.7. The minimum atomic E-state index is -0.0833. The highest BCUT2D eigenvalue weighted by molar-refractivity contribution is 5.91. The van der Waals surface area contributed by atoms with Crippen molar-refractivity contribution in [2.45, 2.75) is 31.7 Å². The summed E-state index contributed by atoms with van der Waals surface area (Å²) < 4.78 is 0. The van der Waals surface area contributed by atoms with Crippen LogP contribution in [0.3, 0.4) is 0 Å². The highest BCUT2D eigenvalue weighted by Crippen LogP contribution is 2.16. The highest BCUT2D eigenvalue weighted by Gasteiger charge is 2.22. The van der Waals surface area contributed by atoms with Gasteiger partial charge in [-0.2, -0.15) is 0 Å². The molecule has 0 bridgehead atoms. The van der Waals surface area contributed by atoms with Crippen LogP contribution in [0.2, 0.25) is 0 Å². The van der Waals surface area contributed by atoms with Gasteiger partial charge in [0.2, 0.25) is 5.91 Å². The predicted octanol–water partition coefficient (Wildman–Crippen LogP) is 1.45. The minimum absolute atomic E-state index is 0.0833. The number of aromatic nitrogens is 1. The molecule has 1 unspecified atom stereocenters. The van der Waals surface area contributed by atoms with Gasteiger partial charge in [-0.3, -0.25) is 14.7 Å². The Kier molecular flexibility index (Phi) is 7.06. The molecule has 1 amide bonds. The Morgan fingerprint density at radius 3 is 3.14 bits per heavy atom. The van der Waals surface area contributed by atoms with Crippen LogP contribution in [0, 0.1) is 0 Å². The summed E-state index contributed by atoms with van der Waals surface area (Å²) >= 11 is 0. The van der Waals surface area contributed by atoms with Crippen LogP contribution in [-0.4, -0.2) is 53.2 Å².